The molecule has 156 valence electrons. The van der Waals surface area contributed by atoms with Gasteiger partial charge >= 0.3 is 5.97 Å². The first-order valence-electron chi connectivity index (χ1n) is 9.88. The lowest BCUT2D eigenvalue weighted by molar-refractivity contribution is -0.129. The Labute approximate surface area is 185 Å². The van der Waals surface area contributed by atoms with Crippen molar-refractivity contribution in [2.45, 2.75) is 6.42 Å². The molecule has 0 atom stereocenters. The van der Waals surface area contributed by atoms with Gasteiger partial charge < -0.3 is 14.2 Å². The van der Waals surface area contributed by atoms with Crippen LogP contribution in [0.25, 0.3) is 6.08 Å². The molecular weight excluding hydrogens is 414 g/mol. The fraction of sp³-hybridized carbons (Fsp3) is 0.120. The van der Waals surface area contributed by atoms with E-state index >= 15 is 0 Å². The number of nitrogens with zero attached hydrogens (tertiary/aromatic N) is 1. The Morgan fingerprint density at radius 2 is 1.48 bits per heavy atom. The summed E-state index contributed by atoms with van der Waals surface area (Å²) >= 11 is 6.08. The smallest absolute Gasteiger partial charge is 0.363 e. The number of esters is 1. The highest BCUT2D eigenvalue weighted by Gasteiger charge is 2.24. The van der Waals surface area contributed by atoms with Crippen LogP contribution in [0.1, 0.15) is 17.5 Å². The van der Waals surface area contributed by atoms with Crippen LogP contribution in [0, 0.1) is 0 Å². The summed E-state index contributed by atoms with van der Waals surface area (Å²) in [6.07, 6.45) is 2.35. The van der Waals surface area contributed by atoms with Crippen LogP contribution < -0.4 is 9.47 Å². The standard InChI is InChI=1S/C25H20ClNO4/c26-20-12-5-7-14-23(20)30-16-8-15-29-22-13-6-4-11-19(22)17-21-25(28)31-24(27-21)18-9-2-1-3-10-18/h1-7,9-14,17H,8,15-16H2/b21-17+. The number of rotatable bonds is 8. The summed E-state index contributed by atoms with van der Waals surface area (Å²) in [6, 6.07) is 24.1. The van der Waals surface area contributed by atoms with E-state index in [1.807, 2.05) is 72.8 Å². The van der Waals surface area contributed by atoms with Crippen LogP contribution in [0.4, 0.5) is 0 Å². The van der Waals surface area contributed by atoms with Crippen molar-refractivity contribution in [3.05, 3.63) is 101 Å². The van der Waals surface area contributed by atoms with Gasteiger partial charge in [-0.05, 0) is 36.4 Å². The van der Waals surface area contributed by atoms with E-state index in [-0.39, 0.29) is 5.70 Å². The van der Waals surface area contributed by atoms with Gasteiger partial charge in [0.15, 0.2) is 5.70 Å². The van der Waals surface area contributed by atoms with Gasteiger partial charge in [-0.15, -0.1) is 0 Å². The third-order valence-corrected chi connectivity index (χ3v) is 4.81. The van der Waals surface area contributed by atoms with E-state index in [0.29, 0.717) is 42.1 Å². The predicted molar refractivity (Wildman–Crippen MR) is 121 cm³/mol. The van der Waals surface area contributed by atoms with Crippen molar-refractivity contribution in [1.82, 2.24) is 0 Å². The molecule has 0 radical (unpaired) electrons. The Morgan fingerprint density at radius 1 is 0.839 bits per heavy atom. The first-order chi connectivity index (χ1) is 15.2. The molecule has 3 aromatic carbocycles. The van der Waals surface area contributed by atoms with Crippen molar-refractivity contribution in [3.63, 3.8) is 0 Å². The molecule has 6 heteroatoms. The molecule has 0 aliphatic carbocycles. The molecule has 1 heterocycles. The summed E-state index contributed by atoms with van der Waals surface area (Å²) in [7, 11) is 0. The Bertz CT molecular complexity index is 1130. The van der Waals surface area contributed by atoms with Gasteiger partial charge in [-0.1, -0.05) is 60.1 Å². The molecule has 0 N–H and O–H groups in total. The number of aliphatic imine (C=N–C) groups is 1. The minimum Gasteiger partial charge on any atom is -0.493 e. The number of ether oxygens (including phenoxy) is 3. The fourth-order valence-corrected chi connectivity index (χ4v) is 3.17. The lowest BCUT2D eigenvalue weighted by Crippen LogP contribution is -2.06. The maximum Gasteiger partial charge on any atom is 0.363 e. The van der Waals surface area contributed by atoms with Gasteiger partial charge in [0.2, 0.25) is 5.90 Å². The molecule has 0 amide bonds. The van der Waals surface area contributed by atoms with E-state index in [2.05, 4.69) is 4.99 Å². The Morgan fingerprint density at radius 3 is 2.26 bits per heavy atom. The van der Waals surface area contributed by atoms with Crippen LogP contribution in [0.15, 0.2) is 89.6 Å². The van der Waals surface area contributed by atoms with E-state index in [9.17, 15) is 4.79 Å². The van der Waals surface area contributed by atoms with Gasteiger partial charge in [-0.3, -0.25) is 0 Å². The van der Waals surface area contributed by atoms with Crippen molar-refractivity contribution in [3.8, 4) is 11.5 Å². The van der Waals surface area contributed by atoms with Gasteiger partial charge in [-0.2, -0.15) is 0 Å². The molecular formula is C25H20ClNO4. The topological polar surface area (TPSA) is 57.1 Å². The normalized spacial score (nSPS) is 14.3. The van der Waals surface area contributed by atoms with Gasteiger partial charge in [0.05, 0.1) is 18.2 Å². The van der Waals surface area contributed by atoms with Crippen molar-refractivity contribution in [1.29, 1.82) is 0 Å². The SMILES string of the molecule is O=C1OC(c2ccccc2)=N/C1=C/c1ccccc1OCCCOc1ccccc1Cl. The average Bonchev–Trinajstić information content (AvgIpc) is 3.16. The van der Waals surface area contributed by atoms with E-state index in [0.717, 1.165) is 11.1 Å². The number of carbonyl (C=O) groups excluding carboxylic acids is 1. The van der Waals surface area contributed by atoms with Crippen molar-refractivity contribution in [2.75, 3.05) is 13.2 Å². The molecule has 0 aromatic heterocycles. The summed E-state index contributed by atoms with van der Waals surface area (Å²) in [6.45, 7) is 0.928. The molecule has 0 saturated heterocycles. The third kappa shape index (κ3) is 5.32. The average molecular weight is 434 g/mol. The first-order valence-corrected chi connectivity index (χ1v) is 10.3. The molecule has 4 rings (SSSR count). The summed E-state index contributed by atoms with van der Waals surface area (Å²) < 4.78 is 16.9. The first kappa shape index (κ1) is 20.7. The zero-order valence-corrected chi connectivity index (χ0v) is 17.4. The summed E-state index contributed by atoms with van der Waals surface area (Å²) in [5, 5.41) is 0.583. The minimum atomic E-state index is -0.484. The number of hydrogen-bond acceptors (Lipinski definition) is 5. The summed E-state index contributed by atoms with van der Waals surface area (Å²) in [5.74, 6) is 1.12. The molecule has 0 bridgehead atoms. The maximum atomic E-state index is 12.3. The van der Waals surface area contributed by atoms with E-state index < -0.39 is 5.97 Å². The number of benzene rings is 3. The van der Waals surface area contributed by atoms with Crippen LogP contribution in [0.3, 0.4) is 0 Å². The molecule has 1 aliphatic heterocycles. The molecule has 31 heavy (non-hydrogen) atoms. The van der Waals surface area contributed by atoms with Crippen LogP contribution in [-0.4, -0.2) is 25.1 Å². The highest BCUT2D eigenvalue weighted by molar-refractivity contribution is 6.32. The minimum absolute atomic E-state index is 0.233. The quantitative estimate of drug-likeness (QED) is 0.266. The van der Waals surface area contributed by atoms with Crippen LogP contribution in [-0.2, 0) is 9.53 Å². The Balaban J connectivity index is 1.39. The Hall–Kier alpha value is -3.57. The second kappa shape index (κ2) is 9.96. The maximum absolute atomic E-state index is 12.3. The highest BCUT2D eigenvalue weighted by Crippen LogP contribution is 2.25. The fourth-order valence-electron chi connectivity index (χ4n) is 2.98. The molecule has 0 spiro atoms. The lowest BCUT2D eigenvalue weighted by Gasteiger charge is -2.10. The number of hydrogen-bond donors (Lipinski definition) is 0. The van der Waals surface area contributed by atoms with Crippen LogP contribution in [0.5, 0.6) is 11.5 Å². The van der Waals surface area contributed by atoms with Crippen LogP contribution in [0.2, 0.25) is 5.02 Å². The zero-order valence-electron chi connectivity index (χ0n) is 16.7. The van der Waals surface area contributed by atoms with Crippen molar-refractivity contribution >= 4 is 29.5 Å². The second-order valence-corrected chi connectivity index (χ2v) is 7.13. The third-order valence-electron chi connectivity index (χ3n) is 4.49. The molecule has 5 nitrogen and oxygen atoms in total. The molecule has 1 aliphatic rings. The monoisotopic (exact) mass is 433 g/mol. The summed E-state index contributed by atoms with van der Waals surface area (Å²) in [5.41, 5.74) is 1.73. The molecule has 3 aromatic rings. The number of cyclic esters (lactones) is 1. The number of carbonyl (C=O) groups is 1. The summed E-state index contributed by atoms with van der Waals surface area (Å²) in [4.78, 5) is 16.6. The Kier molecular flexibility index (Phi) is 6.65. The number of para-hydroxylation sites is 2. The molecule has 0 saturated carbocycles. The van der Waals surface area contributed by atoms with Gasteiger partial charge in [0.1, 0.15) is 11.5 Å². The molecule has 0 fully saturated rings. The molecule has 0 unspecified atom stereocenters. The predicted octanol–water partition coefficient (Wildman–Crippen LogP) is 5.53. The van der Waals surface area contributed by atoms with E-state index in [1.165, 1.54) is 0 Å². The number of halogens is 1. The van der Waals surface area contributed by atoms with Gasteiger partial charge in [-0.25, -0.2) is 9.79 Å². The lowest BCUT2D eigenvalue weighted by atomic mass is 10.1. The van der Waals surface area contributed by atoms with Gasteiger partial charge in [0.25, 0.3) is 0 Å². The van der Waals surface area contributed by atoms with Gasteiger partial charge in [0, 0.05) is 17.5 Å². The largest absolute Gasteiger partial charge is 0.493 e. The van der Waals surface area contributed by atoms with Crippen molar-refractivity contribution in [2.24, 2.45) is 4.99 Å². The van der Waals surface area contributed by atoms with E-state index in [1.54, 1.807) is 12.1 Å². The second-order valence-electron chi connectivity index (χ2n) is 6.72. The zero-order chi connectivity index (χ0) is 21.5. The van der Waals surface area contributed by atoms with Crippen LogP contribution >= 0.6 is 11.6 Å². The van der Waals surface area contributed by atoms with E-state index in [4.69, 9.17) is 25.8 Å². The highest BCUT2D eigenvalue weighted by atomic mass is 35.5. The van der Waals surface area contributed by atoms with Crippen molar-refractivity contribution < 1.29 is 19.0 Å².